The largest absolute Gasteiger partial charge is 0.397 e. The minimum Gasteiger partial charge on any atom is -0.397 e. The molecule has 45 heavy (non-hydrogen) atoms. The van der Waals surface area contributed by atoms with Crippen LogP contribution in [0.25, 0.3) is 28.0 Å². The monoisotopic (exact) mass is 673 g/mol. The first-order valence-electron chi connectivity index (χ1n) is 14.0. The van der Waals surface area contributed by atoms with Crippen molar-refractivity contribution in [3.05, 3.63) is 72.2 Å². The zero-order valence-corrected chi connectivity index (χ0v) is 27.2. The van der Waals surface area contributed by atoms with Crippen molar-refractivity contribution < 1.29 is 13.6 Å². The van der Waals surface area contributed by atoms with Crippen LogP contribution in [0.2, 0.25) is 15.1 Å². The van der Waals surface area contributed by atoms with E-state index in [1.807, 2.05) is 25.7 Å². The number of hydrogen-bond donors (Lipinski definition) is 1. The van der Waals surface area contributed by atoms with E-state index < -0.39 is 38.5 Å². The van der Waals surface area contributed by atoms with E-state index in [4.69, 9.17) is 40.5 Å². The molecule has 5 rings (SSSR count). The quantitative estimate of drug-likeness (QED) is 0.147. The van der Waals surface area contributed by atoms with E-state index in [1.165, 1.54) is 17.6 Å². The Bertz CT molecular complexity index is 1980. The minimum atomic E-state index is -1.44. The van der Waals surface area contributed by atoms with Gasteiger partial charge in [0.2, 0.25) is 5.91 Å². The number of carbonyl (C=O) groups is 1. The van der Waals surface area contributed by atoms with Crippen molar-refractivity contribution in [3.8, 4) is 23.0 Å². The van der Waals surface area contributed by atoms with Crippen molar-refractivity contribution in [1.29, 1.82) is 5.26 Å². The molecule has 14 heteroatoms. The van der Waals surface area contributed by atoms with Crippen LogP contribution in [0, 0.1) is 29.9 Å². The molecule has 1 fully saturated rings. The third-order valence-corrected chi connectivity index (χ3v) is 9.13. The SMILES string of the molecule is CC(=O)N1CCN(c2c(C#N)c(=O)n(-c3c(C)ccnc3C(C)C)c3nc(-c4c(N)c(Cl)c(Cl)c(F)c4F)c(Cl)cc23)C[C@H]1C. The average Bonchev–Trinajstić information content (AvgIpc) is 2.99. The summed E-state index contributed by atoms with van der Waals surface area (Å²) < 4.78 is 31.6. The molecule has 0 radical (unpaired) electrons. The molecule has 234 valence electrons. The Hall–Kier alpha value is -3.98. The molecule has 4 heterocycles. The standard InChI is InChI=1S/C31H28Cl3F2N7O2/c1-13(2)26-28(14(3)6-7-39-26)43-30-17(10-19(32)27(40-30)20-23(35)24(36)21(33)22(34)25(20)38)29(18(11-37)31(43)45)41-8-9-42(16(5)44)15(4)12-41/h6-7,10,13,15H,8-9,12,38H2,1-5H3/t15-/m1/s1. The lowest BCUT2D eigenvalue weighted by Gasteiger charge is -2.41. The van der Waals surface area contributed by atoms with Gasteiger partial charge in [-0.15, -0.1) is 0 Å². The van der Waals surface area contributed by atoms with Gasteiger partial charge in [0.15, 0.2) is 11.6 Å². The van der Waals surface area contributed by atoms with Gasteiger partial charge in [0.1, 0.15) is 22.3 Å². The number of nitrogens with two attached hydrogens (primary N) is 1. The van der Waals surface area contributed by atoms with Crippen molar-refractivity contribution in [3.63, 3.8) is 0 Å². The number of aromatic nitrogens is 3. The van der Waals surface area contributed by atoms with Crippen LogP contribution in [0.15, 0.2) is 23.1 Å². The molecule has 1 saturated heterocycles. The number of nitrogen functional groups attached to an aromatic ring is 1. The van der Waals surface area contributed by atoms with E-state index in [0.29, 0.717) is 42.0 Å². The summed E-state index contributed by atoms with van der Waals surface area (Å²) >= 11 is 18.8. The molecule has 0 aliphatic carbocycles. The van der Waals surface area contributed by atoms with Crippen LogP contribution in [0.1, 0.15) is 50.4 Å². The smallest absolute Gasteiger partial charge is 0.276 e. The van der Waals surface area contributed by atoms with Gasteiger partial charge in [0, 0.05) is 44.2 Å². The molecule has 3 aromatic heterocycles. The predicted molar refractivity (Wildman–Crippen MR) is 173 cm³/mol. The lowest BCUT2D eigenvalue weighted by Crippen LogP contribution is -2.54. The first-order valence-corrected chi connectivity index (χ1v) is 15.1. The van der Waals surface area contributed by atoms with Crippen LogP contribution in [-0.2, 0) is 4.79 Å². The summed E-state index contributed by atoms with van der Waals surface area (Å²) in [6.07, 6.45) is 1.61. The number of nitriles is 1. The number of anilines is 2. The Labute approximate surface area is 272 Å². The minimum absolute atomic E-state index is 0.00155. The number of pyridine rings is 3. The number of amides is 1. The van der Waals surface area contributed by atoms with Gasteiger partial charge in [-0.25, -0.2) is 13.8 Å². The molecule has 1 aliphatic heterocycles. The molecule has 4 aromatic rings. The second kappa shape index (κ2) is 12.1. The van der Waals surface area contributed by atoms with E-state index in [0.717, 1.165) is 0 Å². The number of halogens is 5. The number of aryl methyl sites for hydroxylation is 1. The van der Waals surface area contributed by atoms with Crippen LogP contribution in [0.3, 0.4) is 0 Å². The summed E-state index contributed by atoms with van der Waals surface area (Å²) in [6, 6.07) is 4.98. The lowest BCUT2D eigenvalue weighted by atomic mass is 10.0. The molecular weight excluding hydrogens is 647 g/mol. The van der Waals surface area contributed by atoms with Crippen molar-refractivity contribution in [1.82, 2.24) is 19.4 Å². The van der Waals surface area contributed by atoms with E-state index in [2.05, 4.69) is 16.0 Å². The highest BCUT2D eigenvalue weighted by Crippen LogP contribution is 2.44. The highest BCUT2D eigenvalue weighted by molar-refractivity contribution is 6.44. The van der Waals surface area contributed by atoms with Gasteiger partial charge in [-0.3, -0.25) is 19.1 Å². The number of piperazine rings is 1. The summed E-state index contributed by atoms with van der Waals surface area (Å²) in [7, 11) is 0. The van der Waals surface area contributed by atoms with E-state index in [9.17, 15) is 19.2 Å². The third kappa shape index (κ3) is 5.25. The fourth-order valence-electron chi connectivity index (χ4n) is 5.87. The summed E-state index contributed by atoms with van der Waals surface area (Å²) in [5, 5.41) is 9.44. The van der Waals surface area contributed by atoms with Crippen molar-refractivity contribution in [2.45, 2.75) is 46.6 Å². The number of carbonyl (C=O) groups excluding carboxylic acids is 1. The number of rotatable bonds is 4. The second-order valence-corrected chi connectivity index (χ2v) is 12.4. The van der Waals surface area contributed by atoms with Gasteiger partial charge < -0.3 is 15.5 Å². The summed E-state index contributed by atoms with van der Waals surface area (Å²) in [4.78, 5) is 39.3. The molecule has 0 bridgehead atoms. The van der Waals surface area contributed by atoms with Crippen molar-refractivity contribution in [2.75, 3.05) is 30.3 Å². The Morgan fingerprint density at radius 1 is 1.16 bits per heavy atom. The number of fused-ring (bicyclic) bond motifs is 1. The highest BCUT2D eigenvalue weighted by Gasteiger charge is 2.33. The molecule has 2 N–H and O–H groups in total. The van der Waals surface area contributed by atoms with Gasteiger partial charge in [-0.05, 0) is 37.5 Å². The van der Waals surface area contributed by atoms with Gasteiger partial charge >= 0.3 is 0 Å². The van der Waals surface area contributed by atoms with Gasteiger partial charge in [0.25, 0.3) is 5.56 Å². The highest BCUT2D eigenvalue weighted by atomic mass is 35.5. The normalized spacial score (nSPS) is 15.2. The number of benzene rings is 1. The zero-order valence-electron chi connectivity index (χ0n) is 25.0. The van der Waals surface area contributed by atoms with Crippen LogP contribution in [0.5, 0.6) is 0 Å². The molecule has 0 saturated carbocycles. The molecule has 1 atom stereocenters. The maximum Gasteiger partial charge on any atom is 0.276 e. The van der Waals surface area contributed by atoms with Crippen molar-refractivity contribution in [2.24, 2.45) is 0 Å². The second-order valence-electron chi connectivity index (χ2n) is 11.2. The molecule has 1 aromatic carbocycles. The summed E-state index contributed by atoms with van der Waals surface area (Å²) in [6.45, 7) is 9.88. The summed E-state index contributed by atoms with van der Waals surface area (Å²) in [5.41, 5.74) is 5.87. The Morgan fingerprint density at radius 2 is 1.84 bits per heavy atom. The van der Waals surface area contributed by atoms with Gasteiger partial charge in [0.05, 0.1) is 44.1 Å². The fourth-order valence-corrected chi connectivity index (χ4v) is 6.48. The van der Waals surface area contributed by atoms with Crippen LogP contribution in [-0.4, -0.2) is 51.0 Å². The van der Waals surface area contributed by atoms with Gasteiger partial charge in [-0.2, -0.15) is 5.26 Å². The van der Waals surface area contributed by atoms with Crippen LogP contribution >= 0.6 is 34.8 Å². The Morgan fingerprint density at radius 3 is 2.44 bits per heavy atom. The van der Waals surface area contributed by atoms with E-state index in [1.54, 1.807) is 24.1 Å². The topological polar surface area (TPSA) is 121 Å². The van der Waals surface area contributed by atoms with Crippen LogP contribution < -0.4 is 16.2 Å². The van der Waals surface area contributed by atoms with Crippen molar-refractivity contribution >= 4 is 63.1 Å². The molecule has 1 amide bonds. The number of nitrogens with zero attached hydrogens (tertiary/aromatic N) is 6. The molecular formula is C31H28Cl3F2N7O2. The Balaban J connectivity index is 1.96. The molecule has 0 unspecified atom stereocenters. The predicted octanol–water partition coefficient (Wildman–Crippen LogP) is 6.63. The van der Waals surface area contributed by atoms with Gasteiger partial charge in [-0.1, -0.05) is 48.7 Å². The van der Waals surface area contributed by atoms with Crippen LogP contribution in [0.4, 0.5) is 20.2 Å². The fraction of sp³-hybridized carbons (Fsp3) is 0.323. The lowest BCUT2D eigenvalue weighted by molar-refractivity contribution is -0.131. The molecule has 0 spiro atoms. The summed E-state index contributed by atoms with van der Waals surface area (Å²) in [5.74, 6) is -3.12. The third-order valence-electron chi connectivity index (χ3n) is 8.00. The first kappa shape index (κ1) is 32.4. The zero-order chi connectivity index (χ0) is 33.1. The average molecular weight is 675 g/mol. The first-order chi connectivity index (χ1) is 21.2. The maximum absolute atomic E-state index is 15.5. The Kier molecular flexibility index (Phi) is 8.70. The molecule has 9 nitrogen and oxygen atoms in total. The van der Waals surface area contributed by atoms with E-state index >= 15 is 4.39 Å². The van der Waals surface area contributed by atoms with E-state index in [-0.39, 0.29) is 45.5 Å². The molecule has 1 aliphatic rings. The number of hydrogen-bond acceptors (Lipinski definition) is 7. The maximum atomic E-state index is 15.5.